The Morgan fingerprint density at radius 3 is 2.20 bits per heavy atom. The smallest absolute Gasteiger partial charge is 0.317 e. The summed E-state index contributed by atoms with van der Waals surface area (Å²) in [4.78, 5) is 28.0. The van der Waals surface area contributed by atoms with E-state index in [1.807, 2.05) is 0 Å². The first-order valence-electron chi connectivity index (χ1n) is 5.46. The van der Waals surface area contributed by atoms with Gasteiger partial charge in [-0.2, -0.15) is 0 Å². The summed E-state index contributed by atoms with van der Waals surface area (Å²) in [5.74, 6) is 0.280. The van der Waals surface area contributed by atoms with Gasteiger partial charge < -0.3 is 5.32 Å². The fraction of sp³-hybridized carbons (Fsp3) is 0.0909. The van der Waals surface area contributed by atoms with Crippen LogP contribution in [0.4, 0.5) is 22.9 Å². The Labute approximate surface area is 112 Å². The Hall–Kier alpha value is -3.10. The maximum Gasteiger partial charge on any atom is 0.317 e. The van der Waals surface area contributed by atoms with Crippen LogP contribution in [0.15, 0.2) is 30.6 Å². The molecular weight excluding hydrogens is 266 g/mol. The lowest BCUT2D eigenvalue weighted by Crippen LogP contribution is -2.03. The quantitative estimate of drug-likeness (QED) is 0.670. The standard InChI is InChI=1S/C11H9N5O4/c1-7-3-2-4-10(13-7)14-11-8(15(17)18)5-12-6-9(11)16(19)20/h2-6H,1H3,(H,12,13,14). The molecule has 2 rings (SSSR count). The van der Waals surface area contributed by atoms with E-state index in [1.165, 1.54) is 0 Å². The second-order valence-electron chi connectivity index (χ2n) is 3.86. The minimum Gasteiger partial charge on any atom is -0.329 e. The highest BCUT2D eigenvalue weighted by Gasteiger charge is 2.26. The van der Waals surface area contributed by atoms with Gasteiger partial charge in [-0.3, -0.25) is 25.2 Å². The molecule has 20 heavy (non-hydrogen) atoms. The van der Waals surface area contributed by atoms with Gasteiger partial charge in [0.25, 0.3) is 0 Å². The maximum atomic E-state index is 10.9. The summed E-state index contributed by atoms with van der Waals surface area (Å²) >= 11 is 0. The molecule has 0 aliphatic heterocycles. The first kappa shape index (κ1) is 13.3. The molecule has 0 fully saturated rings. The number of pyridine rings is 2. The summed E-state index contributed by atoms with van der Waals surface area (Å²) < 4.78 is 0. The summed E-state index contributed by atoms with van der Waals surface area (Å²) in [7, 11) is 0. The van der Waals surface area contributed by atoms with Crippen molar-refractivity contribution in [2.45, 2.75) is 6.92 Å². The van der Waals surface area contributed by atoms with Crippen molar-refractivity contribution in [2.24, 2.45) is 0 Å². The van der Waals surface area contributed by atoms with Gasteiger partial charge in [-0.25, -0.2) is 4.98 Å². The van der Waals surface area contributed by atoms with Gasteiger partial charge in [-0.15, -0.1) is 0 Å². The predicted octanol–water partition coefficient (Wildman–Crippen LogP) is 2.35. The van der Waals surface area contributed by atoms with Gasteiger partial charge >= 0.3 is 11.4 Å². The number of hydrogen-bond acceptors (Lipinski definition) is 7. The lowest BCUT2D eigenvalue weighted by Gasteiger charge is -2.06. The Balaban J connectivity index is 2.53. The normalized spacial score (nSPS) is 10.1. The average Bonchev–Trinajstić information content (AvgIpc) is 2.38. The Morgan fingerprint density at radius 1 is 1.10 bits per heavy atom. The van der Waals surface area contributed by atoms with E-state index in [0.717, 1.165) is 12.4 Å². The van der Waals surface area contributed by atoms with E-state index >= 15 is 0 Å². The van der Waals surface area contributed by atoms with Crippen LogP contribution >= 0.6 is 0 Å². The number of nitrogens with zero attached hydrogens (tertiary/aromatic N) is 4. The van der Waals surface area contributed by atoms with Crippen molar-refractivity contribution < 1.29 is 9.85 Å². The molecule has 2 heterocycles. The summed E-state index contributed by atoms with van der Waals surface area (Å²) in [6.07, 6.45) is 1.90. The fourth-order valence-electron chi connectivity index (χ4n) is 1.58. The van der Waals surface area contributed by atoms with Crippen LogP contribution in [0.2, 0.25) is 0 Å². The Bertz CT molecular complexity index is 656. The number of anilines is 2. The van der Waals surface area contributed by atoms with E-state index in [-0.39, 0.29) is 11.5 Å². The van der Waals surface area contributed by atoms with Crippen molar-refractivity contribution in [3.8, 4) is 0 Å². The zero-order valence-corrected chi connectivity index (χ0v) is 10.3. The van der Waals surface area contributed by atoms with Crippen LogP contribution < -0.4 is 5.32 Å². The second kappa shape index (κ2) is 5.26. The van der Waals surface area contributed by atoms with Crippen molar-refractivity contribution in [3.05, 3.63) is 56.5 Å². The van der Waals surface area contributed by atoms with Crippen LogP contribution in [-0.4, -0.2) is 19.8 Å². The molecule has 0 amide bonds. The largest absolute Gasteiger partial charge is 0.329 e. The van der Waals surface area contributed by atoms with Crippen LogP contribution in [0.3, 0.4) is 0 Å². The van der Waals surface area contributed by atoms with E-state index in [4.69, 9.17) is 0 Å². The van der Waals surface area contributed by atoms with E-state index in [0.29, 0.717) is 5.69 Å². The molecule has 0 radical (unpaired) electrons. The van der Waals surface area contributed by atoms with Crippen molar-refractivity contribution in [2.75, 3.05) is 5.32 Å². The number of aryl methyl sites for hydroxylation is 1. The summed E-state index contributed by atoms with van der Waals surface area (Å²) in [6, 6.07) is 4.98. The van der Waals surface area contributed by atoms with E-state index in [2.05, 4.69) is 15.3 Å². The first-order valence-corrected chi connectivity index (χ1v) is 5.46. The van der Waals surface area contributed by atoms with E-state index in [9.17, 15) is 20.2 Å². The van der Waals surface area contributed by atoms with Crippen LogP contribution in [0, 0.1) is 27.2 Å². The van der Waals surface area contributed by atoms with Crippen molar-refractivity contribution >= 4 is 22.9 Å². The lowest BCUT2D eigenvalue weighted by molar-refractivity contribution is -0.392. The number of nitrogens with one attached hydrogen (secondary N) is 1. The van der Waals surface area contributed by atoms with Gasteiger partial charge in [-0.1, -0.05) is 6.07 Å². The highest BCUT2D eigenvalue weighted by atomic mass is 16.6. The number of rotatable bonds is 4. The second-order valence-corrected chi connectivity index (χ2v) is 3.86. The van der Waals surface area contributed by atoms with E-state index < -0.39 is 21.2 Å². The third kappa shape index (κ3) is 2.66. The van der Waals surface area contributed by atoms with E-state index in [1.54, 1.807) is 25.1 Å². The third-order valence-corrected chi connectivity index (χ3v) is 2.44. The minimum atomic E-state index is -0.738. The van der Waals surface area contributed by atoms with Crippen LogP contribution in [-0.2, 0) is 0 Å². The number of aromatic nitrogens is 2. The van der Waals surface area contributed by atoms with Crippen molar-refractivity contribution in [3.63, 3.8) is 0 Å². The maximum absolute atomic E-state index is 10.9. The van der Waals surface area contributed by atoms with Crippen LogP contribution in [0.5, 0.6) is 0 Å². The SMILES string of the molecule is Cc1cccc(Nc2c([N+](=O)[O-])cncc2[N+](=O)[O-])n1. The minimum absolute atomic E-state index is 0.242. The first-order chi connectivity index (χ1) is 9.49. The van der Waals surface area contributed by atoms with Gasteiger partial charge in [0.15, 0.2) is 0 Å². The van der Waals surface area contributed by atoms with Crippen molar-refractivity contribution in [1.82, 2.24) is 9.97 Å². The number of nitro groups is 2. The molecule has 0 aliphatic rings. The molecule has 0 unspecified atom stereocenters. The molecule has 0 atom stereocenters. The van der Waals surface area contributed by atoms with Crippen LogP contribution in [0.1, 0.15) is 5.69 Å². The molecule has 0 bridgehead atoms. The van der Waals surface area contributed by atoms with Gasteiger partial charge in [0.05, 0.1) is 9.85 Å². The molecule has 0 aromatic carbocycles. The third-order valence-electron chi connectivity index (χ3n) is 2.44. The lowest BCUT2D eigenvalue weighted by atomic mass is 10.3. The molecule has 0 saturated heterocycles. The van der Waals surface area contributed by atoms with Gasteiger partial charge in [-0.05, 0) is 19.1 Å². The molecule has 0 aliphatic carbocycles. The monoisotopic (exact) mass is 275 g/mol. The summed E-state index contributed by atoms with van der Waals surface area (Å²) in [6.45, 7) is 1.74. The molecule has 0 spiro atoms. The summed E-state index contributed by atoms with van der Waals surface area (Å²) in [5.41, 5.74) is -0.535. The topological polar surface area (TPSA) is 124 Å². The molecule has 9 nitrogen and oxygen atoms in total. The molecular formula is C11H9N5O4. The highest BCUT2D eigenvalue weighted by Crippen LogP contribution is 2.34. The predicted molar refractivity (Wildman–Crippen MR) is 69.8 cm³/mol. The molecule has 1 N–H and O–H groups in total. The summed E-state index contributed by atoms with van der Waals surface area (Å²) in [5, 5.41) is 24.5. The zero-order chi connectivity index (χ0) is 14.7. The molecule has 0 saturated carbocycles. The average molecular weight is 275 g/mol. The molecule has 102 valence electrons. The molecule has 9 heteroatoms. The van der Waals surface area contributed by atoms with Gasteiger partial charge in [0.2, 0.25) is 5.69 Å². The Kier molecular flexibility index (Phi) is 3.51. The molecule has 2 aromatic rings. The number of hydrogen-bond donors (Lipinski definition) is 1. The zero-order valence-electron chi connectivity index (χ0n) is 10.3. The molecule has 2 aromatic heterocycles. The van der Waals surface area contributed by atoms with Gasteiger partial charge in [0.1, 0.15) is 18.2 Å². The fourth-order valence-corrected chi connectivity index (χ4v) is 1.58. The Morgan fingerprint density at radius 2 is 1.70 bits per heavy atom. The van der Waals surface area contributed by atoms with Crippen LogP contribution in [0.25, 0.3) is 0 Å². The van der Waals surface area contributed by atoms with Gasteiger partial charge in [0, 0.05) is 5.69 Å². The van der Waals surface area contributed by atoms with Crippen molar-refractivity contribution in [1.29, 1.82) is 0 Å². The highest BCUT2D eigenvalue weighted by molar-refractivity contribution is 5.76.